The van der Waals surface area contributed by atoms with Crippen molar-refractivity contribution in [2.24, 2.45) is 5.41 Å². The summed E-state index contributed by atoms with van der Waals surface area (Å²) in [5, 5.41) is 3.01. The SMILES string of the molecule is O=C(NCC1(CCl)CCCCC1)c1ccncc1. The zero-order valence-corrected chi connectivity index (χ0v) is 11.2. The van der Waals surface area contributed by atoms with Gasteiger partial charge in [0.05, 0.1) is 0 Å². The van der Waals surface area contributed by atoms with Gasteiger partial charge in [0.15, 0.2) is 0 Å². The number of rotatable bonds is 4. The molecule has 1 aromatic heterocycles. The molecule has 1 amide bonds. The molecule has 18 heavy (non-hydrogen) atoms. The smallest absolute Gasteiger partial charge is 0.251 e. The molecule has 3 nitrogen and oxygen atoms in total. The predicted molar refractivity (Wildman–Crippen MR) is 72.8 cm³/mol. The second-order valence-corrected chi connectivity index (χ2v) is 5.38. The maximum absolute atomic E-state index is 12.0. The summed E-state index contributed by atoms with van der Waals surface area (Å²) < 4.78 is 0. The van der Waals surface area contributed by atoms with E-state index < -0.39 is 0 Å². The quantitative estimate of drug-likeness (QED) is 0.852. The number of alkyl halides is 1. The zero-order valence-electron chi connectivity index (χ0n) is 10.5. The first-order chi connectivity index (χ1) is 8.76. The Balaban J connectivity index is 1.92. The molecule has 0 atom stereocenters. The van der Waals surface area contributed by atoms with E-state index in [0.29, 0.717) is 18.0 Å². The van der Waals surface area contributed by atoms with Crippen molar-refractivity contribution in [2.45, 2.75) is 32.1 Å². The van der Waals surface area contributed by atoms with Crippen LogP contribution in [0.1, 0.15) is 42.5 Å². The summed E-state index contributed by atoms with van der Waals surface area (Å²) in [5.74, 6) is 0.594. The van der Waals surface area contributed by atoms with E-state index >= 15 is 0 Å². The second kappa shape index (κ2) is 6.19. The van der Waals surface area contributed by atoms with Gasteiger partial charge in [-0.3, -0.25) is 9.78 Å². The molecule has 1 aromatic rings. The lowest BCUT2D eigenvalue weighted by atomic mass is 9.75. The standard InChI is InChI=1S/C14H19ClN2O/c15-10-14(6-2-1-3-7-14)11-17-13(18)12-4-8-16-9-5-12/h4-5,8-9H,1-3,6-7,10-11H2,(H,17,18). The highest BCUT2D eigenvalue weighted by Crippen LogP contribution is 2.36. The minimum Gasteiger partial charge on any atom is -0.351 e. The third-order valence-electron chi connectivity index (χ3n) is 3.76. The largest absolute Gasteiger partial charge is 0.351 e. The van der Waals surface area contributed by atoms with Crippen LogP contribution in [-0.2, 0) is 0 Å². The van der Waals surface area contributed by atoms with Gasteiger partial charge in [-0.2, -0.15) is 0 Å². The third-order valence-corrected chi connectivity index (χ3v) is 4.33. The van der Waals surface area contributed by atoms with Crippen molar-refractivity contribution in [1.82, 2.24) is 10.3 Å². The van der Waals surface area contributed by atoms with Crippen molar-refractivity contribution < 1.29 is 4.79 Å². The lowest BCUT2D eigenvalue weighted by molar-refractivity contribution is 0.0921. The molecule has 1 fully saturated rings. The van der Waals surface area contributed by atoms with Crippen molar-refractivity contribution in [1.29, 1.82) is 0 Å². The topological polar surface area (TPSA) is 42.0 Å². The van der Waals surface area contributed by atoms with Gasteiger partial charge < -0.3 is 5.32 Å². The lowest BCUT2D eigenvalue weighted by Gasteiger charge is -2.35. The molecule has 0 bridgehead atoms. The fraction of sp³-hybridized carbons (Fsp3) is 0.571. The van der Waals surface area contributed by atoms with Crippen LogP contribution in [0.3, 0.4) is 0 Å². The van der Waals surface area contributed by atoms with Crippen molar-refractivity contribution in [2.75, 3.05) is 12.4 Å². The van der Waals surface area contributed by atoms with E-state index in [1.54, 1.807) is 24.5 Å². The van der Waals surface area contributed by atoms with Crippen LogP contribution < -0.4 is 5.32 Å². The predicted octanol–water partition coefficient (Wildman–Crippen LogP) is 3.00. The van der Waals surface area contributed by atoms with Gasteiger partial charge in [-0.25, -0.2) is 0 Å². The summed E-state index contributed by atoms with van der Waals surface area (Å²) in [5.41, 5.74) is 0.758. The lowest BCUT2D eigenvalue weighted by Crippen LogP contribution is -2.40. The number of carbonyl (C=O) groups excluding carboxylic acids is 1. The van der Waals surface area contributed by atoms with Crippen LogP contribution >= 0.6 is 11.6 Å². The Labute approximate surface area is 113 Å². The van der Waals surface area contributed by atoms with Gasteiger partial charge >= 0.3 is 0 Å². The van der Waals surface area contributed by atoms with Crippen molar-refractivity contribution in [3.8, 4) is 0 Å². The molecule has 1 saturated carbocycles. The first-order valence-corrected chi connectivity index (χ1v) is 7.03. The van der Waals surface area contributed by atoms with Crippen LogP contribution in [0.4, 0.5) is 0 Å². The van der Waals surface area contributed by atoms with Gasteiger partial charge in [0, 0.05) is 35.8 Å². The highest BCUT2D eigenvalue weighted by molar-refractivity contribution is 6.18. The number of nitrogens with zero attached hydrogens (tertiary/aromatic N) is 1. The molecule has 4 heteroatoms. The normalized spacial score (nSPS) is 18.3. The van der Waals surface area contributed by atoms with E-state index in [9.17, 15) is 4.79 Å². The minimum absolute atomic E-state index is 0.0348. The molecule has 2 rings (SSSR count). The number of carbonyl (C=O) groups is 1. The summed E-state index contributed by atoms with van der Waals surface area (Å²) in [6.45, 7) is 0.678. The third kappa shape index (κ3) is 3.22. The molecule has 0 aliphatic heterocycles. The maximum atomic E-state index is 12.0. The van der Waals surface area contributed by atoms with Crippen LogP contribution in [0.5, 0.6) is 0 Å². The first-order valence-electron chi connectivity index (χ1n) is 6.50. The fourth-order valence-electron chi connectivity index (χ4n) is 2.53. The monoisotopic (exact) mass is 266 g/mol. The molecule has 1 aliphatic carbocycles. The summed E-state index contributed by atoms with van der Waals surface area (Å²) in [7, 11) is 0. The van der Waals surface area contributed by atoms with E-state index in [-0.39, 0.29) is 11.3 Å². The van der Waals surface area contributed by atoms with Crippen molar-refractivity contribution in [3.63, 3.8) is 0 Å². The summed E-state index contributed by atoms with van der Waals surface area (Å²) in [6.07, 6.45) is 9.23. The molecule has 0 radical (unpaired) electrons. The molecule has 98 valence electrons. The van der Waals surface area contributed by atoms with Crippen molar-refractivity contribution >= 4 is 17.5 Å². The minimum atomic E-state index is -0.0348. The molecule has 0 spiro atoms. The summed E-state index contributed by atoms with van der Waals surface area (Å²) >= 11 is 6.11. The Morgan fingerprint density at radius 3 is 2.56 bits per heavy atom. The van der Waals surface area contributed by atoms with E-state index in [2.05, 4.69) is 10.3 Å². The summed E-state index contributed by atoms with van der Waals surface area (Å²) in [6, 6.07) is 3.45. The van der Waals surface area contributed by atoms with Crippen molar-refractivity contribution in [3.05, 3.63) is 30.1 Å². The Hall–Kier alpha value is -1.09. The Bertz CT molecular complexity index is 388. The molecule has 0 unspecified atom stereocenters. The Morgan fingerprint density at radius 1 is 1.28 bits per heavy atom. The molecule has 1 aliphatic rings. The van der Waals surface area contributed by atoms with E-state index in [1.165, 1.54) is 19.3 Å². The number of pyridine rings is 1. The molecule has 0 aromatic carbocycles. The van der Waals surface area contributed by atoms with Gasteiger partial charge in [0.2, 0.25) is 0 Å². The second-order valence-electron chi connectivity index (χ2n) is 5.11. The number of aromatic nitrogens is 1. The van der Waals surface area contributed by atoms with E-state index in [0.717, 1.165) is 12.8 Å². The first kappa shape index (κ1) is 13.3. The number of amides is 1. The van der Waals surface area contributed by atoms with Gasteiger partial charge in [-0.15, -0.1) is 11.6 Å². The maximum Gasteiger partial charge on any atom is 0.251 e. The highest BCUT2D eigenvalue weighted by atomic mass is 35.5. The number of halogens is 1. The van der Waals surface area contributed by atoms with Crippen LogP contribution in [0.2, 0.25) is 0 Å². The highest BCUT2D eigenvalue weighted by Gasteiger charge is 2.31. The fourth-order valence-corrected chi connectivity index (χ4v) is 2.89. The molecule has 0 saturated heterocycles. The van der Waals surface area contributed by atoms with E-state index in [4.69, 9.17) is 11.6 Å². The molecule has 1 heterocycles. The number of hydrogen-bond acceptors (Lipinski definition) is 2. The van der Waals surface area contributed by atoms with Gasteiger partial charge in [-0.1, -0.05) is 19.3 Å². The number of nitrogens with one attached hydrogen (secondary N) is 1. The average molecular weight is 267 g/mol. The Kier molecular flexibility index (Phi) is 4.59. The molecular formula is C14H19ClN2O. The van der Waals surface area contributed by atoms with Gasteiger partial charge in [-0.05, 0) is 25.0 Å². The molecule has 1 N–H and O–H groups in total. The van der Waals surface area contributed by atoms with Crippen LogP contribution in [0, 0.1) is 5.41 Å². The number of hydrogen-bond donors (Lipinski definition) is 1. The average Bonchev–Trinajstić information content (AvgIpc) is 2.47. The van der Waals surface area contributed by atoms with E-state index in [1.807, 2.05) is 0 Å². The zero-order chi connectivity index (χ0) is 12.8. The van der Waals surface area contributed by atoms with Gasteiger partial charge in [0.1, 0.15) is 0 Å². The molecular weight excluding hydrogens is 248 g/mol. The van der Waals surface area contributed by atoms with Crippen LogP contribution in [0.15, 0.2) is 24.5 Å². The van der Waals surface area contributed by atoms with Gasteiger partial charge in [0.25, 0.3) is 5.91 Å². The van der Waals surface area contributed by atoms with Crippen LogP contribution in [0.25, 0.3) is 0 Å². The summed E-state index contributed by atoms with van der Waals surface area (Å²) in [4.78, 5) is 15.9. The Morgan fingerprint density at radius 2 is 1.94 bits per heavy atom. The van der Waals surface area contributed by atoms with Crippen LogP contribution in [-0.4, -0.2) is 23.3 Å².